The van der Waals surface area contributed by atoms with Gasteiger partial charge in [-0.05, 0) is 18.6 Å². The van der Waals surface area contributed by atoms with Crippen LogP contribution in [0.25, 0.3) is 17.0 Å². The number of benzene rings is 1. The first-order valence-electron chi connectivity index (χ1n) is 5.52. The van der Waals surface area contributed by atoms with Gasteiger partial charge in [0.05, 0.1) is 5.52 Å². The van der Waals surface area contributed by atoms with Gasteiger partial charge in [0.15, 0.2) is 6.72 Å². The van der Waals surface area contributed by atoms with Gasteiger partial charge in [-0.1, -0.05) is 12.7 Å². The number of pyridine rings is 1. The predicted molar refractivity (Wildman–Crippen MR) is 72.8 cm³/mol. The van der Waals surface area contributed by atoms with E-state index in [0.717, 1.165) is 21.2 Å². The zero-order valence-corrected chi connectivity index (χ0v) is 10.5. The van der Waals surface area contributed by atoms with Gasteiger partial charge in [-0.3, -0.25) is 10.0 Å². The lowest BCUT2D eigenvalue weighted by molar-refractivity contribution is -0.706. The molecular formula is C14H15N2O2+. The van der Waals surface area contributed by atoms with Gasteiger partial charge in [0, 0.05) is 34.9 Å². The fourth-order valence-corrected chi connectivity index (χ4v) is 2.11. The van der Waals surface area contributed by atoms with Gasteiger partial charge in [-0.25, -0.2) is 0 Å². The summed E-state index contributed by atoms with van der Waals surface area (Å²) in [4.78, 5) is 12.1. The van der Waals surface area contributed by atoms with Gasteiger partial charge in [-0.15, -0.1) is 0 Å². The maximum Gasteiger partial charge on any atom is 0.258 e. The summed E-state index contributed by atoms with van der Waals surface area (Å²) in [6.07, 6.45) is 1.56. The van der Waals surface area contributed by atoms with Crippen molar-refractivity contribution in [2.45, 2.75) is 6.92 Å². The molecule has 0 atom stereocenters. The minimum absolute atomic E-state index is 0.0711. The van der Waals surface area contributed by atoms with Crippen LogP contribution >= 0.6 is 0 Å². The van der Waals surface area contributed by atoms with E-state index in [4.69, 9.17) is 0 Å². The molecule has 0 spiro atoms. The van der Waals surface area contributed by atoms with Gasteiger partial charge in [-0.2, -0.15) is 0 Å². The molecule has 0 aliphatic heterocycles. The van der Waals surface area contributed by atoms with Gasteiger partial charge < -0.3 is 4.57 Å². The summed E-state index contributed by atoms with van der Waals surface area (Å²) in [5, 5.41) is 10.3. The first-order valence-corrected chi connectivity index (χ1v) is 5.52. The molecule has 18 heavy (non-hydrogen) atoms. The van der Waals surface area contributed by atoms with Crippen molar-refractivity contribution in [2.75, 3.05) is 0 Å². The predicted octanol–water partition coefficient (Wildman–Crippen LogP) is 2.22. The highest BCUT2D eigenvalue weighted by molar-refractivity contribution is 5.87. The molecule has 1 aromatic carbocycles. The molecule has 0 aliphatic carbocycles. The van der Waals surface area contributed by atoms with Crippen molar-refractivity contribution >= 4 is 29.4 Å². The first-order chi connectivity index (χ1) is 8.47. The topological polar surface area (TPSA) is 45.2 Å². The van der Waals surface area contributed by atoms with Crippen LogP contribution in [0.15, 0.2) is 29.6 Å². The third-order valence-corrected chi connectivity index (χ3v) is 3.19. The summed E-state index contributed by atoms with van der Waals surface area (Å²) in [5.74, 6) is 0. The van der Waals surface area contributed by atoms with Crippen molar-refractivity contribution in [3.8, 4) is 0 Å². The van der Waals surface area contributed by atoms with E-state index in [1.165, 1.54) is 0 Å². The Balaban J connectivity index is 2.99. The molecule has 0 saturated carbocycles. The molecule has 1 aromatic heterocycles. The summed E-state index contributed by atoms with van der Waals surface area (Å²) in [7, 11) is 1.72. The quantitative estimate of drug-likeness (QED) is 0.380. The average Bonchev–Trinajstić information content (AvgIpc) is 2.36. The number of hydrogen-bond acceptors (Lipinski definition) is 2. The van der Waals surface area contributed by atoms with E-state index in [0.29, 0.717) is 11.3 Å². The Labute approximate surface area is 105 Å². The maximum atomic E-state index is 12.1. The highest BCUT2D eigenvalue weighted by Crippen LogP contribution is 2.23. The van der Waals surface area contributed by atoms with Gasteiger partial charge in [0.1, 0.15) is 0 Å². The summed E-state index contributed by atoms with van der Waals surface area (Å²) in [6.45, 7) is 8.97. The Hall–Kier alpha value is -2.36. The Bertz CT molecular complexity index is 727. The molecule has 0 fully saturated rings. The SMILES string of the molecule is C=Cc1c(C)c2cc([N+](=C)O)ccc2n(C)c1=O. The normalized spacial score (nSPS) is 10.6. The van der Waals surface area contributed by atoms with E-state index in [-0.39, 0.29) is 5.56 Å². The molecule has 0 saturated heterocycles. The molecule has 1 N–H and O–H groups in total. The van der Waals surface area contributed by atoms with Crippen LogP contribution in [0, 0.1) is 6.92 Å². The minimum Gasteiger partial charge on any atom is -0.311 e. The number of rotatable bonds is 2. The van der Waals surface area contributed by atoms with Crippen LogP contribution in [0.5, 0.6) is 0 Å². The highest BCUT2D eigenvalue weighted by atomic mass is 16.5. The molecule has 92 valence electrons. The average molecular weight is 243 g/mol. The molecule has 0 radical (unpaired) electrons. The Morgan fingerprint density at radius 3 is 2.67 bits per heavy atom. The molecule has 0 aliphatic rings. The third kappa shape index (κ3) is 1.62. The fourth-order valence-electron chi connectivity index (χ4n) is 2.11. The second-order valence-corrected chi connectivity index (χ2v) is 4.21. The summed E-state index contributed by atoms with van der Waals surface area (Å²) >= 11 is 0. The number of fused-ring (bicyclic) bond motifs is 1. The van der Waals surface area contributed by atoms with Crippen LogP contribution in [0.1, 0.15) is 11.1 Å². The molecule has 1 heterocycles. The van der Waals surface area contributed by atoms with Crippen LogP contribution in [-0.2, 0) is 7.05 Å². The minimum atomic E-state index is -0.0711. The Morgan fingerprint density at radius 2 is 2.11 bits per heavy atom. The number of aryl methyl sites for hydroxylation is 2. The second kappa shape index (κ2) is 4.14. The molecule has 0 amide bonds. The Kier molecular flexibility index (Phi) is 2.79. The van der Waals surface area contributed by atoms with E-state index < -0.39 is 0 Å². The van der Waals surface area contributed by atoms with E-state index in [1.807, 2.05) is 6.92 Å². The van der Waals surface area contributed by atoms with E-state index in [2.05, 4.69) is 13.3 Å². The number of hydrogen-bond donors (Lipinski definition) is 1. The van der Waals surface area contributed by atoms with Gasteiger partial charge in [0.25, 0.3) is 11.2 Å². The lowest BCUT2D eigenvalue weighted by Gasteiger charge is -2.10. The van der Waals surface area contributed by atoms with Crippen molar-refractivity contribution in [2.24, 2.45) is 7.05 Å². The van der Waals surface area contributed by atoms with Crippen LogP contribution < -0.4 is 5.56 Å². The second-order valence-electron chi connectivity index (χ2n) is 4.21. The molecule has 0 bridgehead atoms. The fraction of sp³-hybridized carbons (Fsp3) is 0.143. The smallest absolute Gasteiger partial charge is 0.258 e. The van der Waals surface area contributed by atoms with Crippen molar-refractivity contribution < 1.29 is 9.95 Å². The molecule has 2 aromatic rings. The Morgan fingerprint density at radius 1 is 1.44 bits per heavy atom. The standard InChI is InChI=1S/C14H15N2O2/c1-5-11-9(2)12-8-10(16(4)18)6-7-13(12)15(3)14(11)17/h5-8,18H,1,4H2,2-3H3/q+1. The summed E-state index contributed by atoms with van der Waals surface area (Å²) in [6, 6.07) is 5.30. The number of nitrogens with zero attached hydrogens (tertiary/aromatic N) is 2. The van der Waals surface area contributed by atoms with Crippen molar-refractivity contribution in [1.82, 2.24) is 4.57 Å². The molecule has 4 nitrogen and oxygen atoms in total. The molecule has 2 rings (SSSR count). The molecular weight excluding hydrogens is 228 g/mol. The monoisotopic (exact) mass is 243 g/mol. The van der Waals surface area contributed by atoms with E-state index >= 15 is 0 Å². The van der Waals surface area contributed by atoms with Crippen molar-refractivity contribution in [3.05, 3.63) is 46.3 Å². The maximum absolute atomic E-state index is 12.1. The zero-order chi connectivity index (χ0) is 13.4. The van der Waals surface area contributed by atoms with Crippen molar-refractivity contribution in [1.29, 1.82) is 0 Å². The first kappa shape index (κ1) is 12.1. The zero-order valence-electron chi connectivity index (χ0n) is 10.5. The number of aromatic nitrogens is 1. The van der Waals surface area contributed by atoms with Crippen LogP contribution in [0.2, 0.25) is 0 Å². The lowest BCUT2D eigenvalue weighted by Crippen LogP contribution is -2.21. The highest BCUT2D eigenvalue weighted by Gasteiger charge is 2.13. The van der Waals surface area contributed by atoms with Crippen LogP contribution in [0.3, 0.4) is 0 Å². The largest absolute Gasteiger partial charge is 0.311 e. The van der Waals surface area contributed by atoms with Gasteiger partial charge in [0.2, 0.25) is 0 Å². The summed E-state index contributed by atoms with van der Waals surface area (Å²) < 4.78 is 2.38. The lowest BCUT2D eigenvalue weighted by atomic mass is 10.0. The van der Waals surface area contributed by atoms with E-state index in [1.54, 1.807) is 35.9 Å². The molecule has 4 heteroatoms. The van der Waals surface area contributed by atoms with Crippen LogP contribution in [0.4, 0.5) is 5.69 Å². The van der Waals surface area contributed by atoms with Crippen LogP contribution in [-0.4, -0.2) is 21.2 Å². The van der Waals surface area contributed by atoms with Crippen molar-refractivity contribution in [3.63, 3.8) is 0 Å². The third-order valence-electron chi connectivity index (χ3n) is 3.19. The summed E-state index contributed by atoms with van der Waals surface area (Å²) in [5.41, 5.74) is 2.74. The molecule has 0 unspecified atom stereocenters. The van der Waals surface area contributed by atoms with E-state index in [9.17, 15) is 10.0 Å². The van der Waals surface area contributed by atoms with Gasteiger partial charge >= 0.3 is 0 Å².